The zero-order valence-electron chi connectivity index (χ0n) is 9.63. The Morgan fingerprint density at radius 3 is 2.43 bits per heavy atom. The van der Waals surface area contributed by atoms with Crippen molar-refractivity contribution in [2.75, 3.05) is 6.54 Å². The predicted molar refractivity (Wildman–Crippen MR) is 59.9 cm³/mol. The Kier molecular flexibility index (Phi) is 6.21. The lowest BCUT2D eigenvalue weighted by Gasteiger charge is -2.20. The summed E-state index contributed by atoms with van der Waals surface area (Å²) < 4.78 is 0. The van der Waals surface area contributed by atoms with Crippen LogP contribution in [0.15, 0.2) is 11.6 Å². The van der Waals surface area contributed by atoms with E-state index in [1.807, 2.05) is 19.9 Å². The number of hydrogen-bond donors (Lipinski definition) is 2. The van der Waals surface area contributed by atoms with Gasteiger partial charge in [0.2, 0.25) is 5.91 Å². The summed E-state index contributed by atoms with van der Waals surface area (Å²) in [5.41, 5.74) is 6.33. The van der Waals surface area contributed by atoms with Crippen LogP contribution in [-0.4, -0.2) is 18.5 Å². The van der Waals surface area contributed by atoms with Crippen molar-refractivity contribution in [3.63, 3.8) is 0 Å². The van der Waals surface area contributed by atoms with Gasteiger partial charge in [-0.3, -0.25) is 4.79 Å². The van der Waals surface area contributed by atoms with Crippen LogP contribution in [0.5, 0.6) is 0 Å². The Bertz CT molecular complexity index is 209. The number of amides is 1. The Morgan fingerprint density at radius 1 is 1.50 bits per heavy atom. The first kappa shape index (κ1) is 13.2. The molecule has 3 heteroatoms. The van der Waals surface area contributed by atoms with Crippen molar-refractivity contribution in [2.24, 2.45) is 11.7 Å². The largest absolute Gasteiger partial charge is 0.348 e. The Labute approximate surface area is 86.8 Å². The average molecular weight is 198 g/mol. The smallest absolute Gasteiger partial charge is 0.246 e. The molecule has 0 radical (unpaired) electrons. The maximum absolute atomic E-state index is 11.6. The van der Waals surface area contributed by atoms with Crippen LogP contribution in [-0.2, 0) is 4.79 Å². The zero-order valence-corrected chi connectivity index (χ0v) is 9.63. The third kappa shape index (κ3) is 4.42. The van der Waals surface area contributed by atoms with Gasteiger partial charge in [-0.05, 0) is 19.3 Å². The van der Waals surface area contributed by atoms with Crippen LogP contribution < -0.4 is 11.1 Å². The number of nitrogens with two attached hydrogens (primary N) is 1. The van der Waals surface area contributed by atoms with Crippen LogP contribution >= 0.6 is 0 Å². The van der Waals surface area contributed by atoms with Crippen molar-refractivity contribution >= 4 is 5.91 Å². The molecule has 0 aliphatic heterocycles. The first-order chi connectivity index (χ1) is 6.52. The van der Waals surface area contributed by atoms with Crippen molar-refractivity contribution in [1.82, 2.24) is 5.32 Å². The molecule has 14 heavy (non-hydrogen) atoms. The molecule has 0 rings (SSSR count). The van der Waals surface area contributed by atoms with Crippen molar-refractivity contribution < 1.29 is 4.79 Å². The van der Waals surface area contributed by atoms with Crippen molar-refractivity contribution in [3.05, 3.63) is 11.6 Å². The molecule has 0 spiro atoms. The van der Waals surface area contributed by atoms with Crippen LogP contribution in [0.3, 0.4) is 0 Å². The van der Waals surface area contributed by atoms with Crippen molar-refractivity contribution in [1.29, 1.82) is 0 Å². The lowest BCUT2D eigenvalue weighted by Crippen LogP contribution is -2.43. The summed E-state index contributed by atoms with van der Waals surface area (Å²) in [7, 11) is 0. The first-order valence-corrected chi connectivity index (χ1v) is 5.20. The zero-order chi connectivity index (χ0) is 11.1. The van der Waals surface area contributed by atoms with E-state index in [4.69, 9.17) is 5.73 Å². The number of carbonyl (C=O) groups is 1. The number of carbonyl (C=O) groups excluding carboxylic acids is 1. The number of nitrogens with one attached hydrogen (secondary N) is 1. The molecule has 0 fully saturated rings. The normalized spacial score (nSPS) is 14.3. The molecule has 0 heterocycles. The minimum absolute atomic E-state index is 0.00370. The summed E-state index contributed by atoms with van der Waals surface area (Å²) in [4.78, 5) is 11.6. The van der Waals surface area contributed by atoms with Gasteiger partial charge in [0.25, 0.3) is 0 Å². The molecular weight excluding hydrogens is 176 g/mol. The molecule has 0 aromatic heterocycles. The van der Waals surface area contributed by atoms with E-state index in [-0.39, 0.29) is 11.9 Å². The monoisotopic (exact) mass is 198 g/mol. The fourth-order valence-electron chi connectivity index (χ4n) is 1.18. The molecule has 1 amide bonds. The SMILES string of the molecule is CCC=C(C)C(=O)NC(CN)C(C)C. The highest BCUT2D eigenvalue weighted by Gasteiger charge is 2.14. The molecule has 1 atom stereocenters. The van der Waals surface area contributed by atoms with Gasteiger partial charge in [0.05, 0.1) is 0 Å². The van der Waals surface area contributed by atoms with E-state index in [1.54, 1.807) is 0 Å². The van der Waals surface area contributed by atoms with Crippen LogP contribution in [0.1, 0.15) is 34.1 Å². The second-order valence-corrected chi connectivity index (χ2v) is 3.86. The summed E-state index contributed by atoms with van der Waals surface area (Å²) in [6.07, 6.45) is 2.80. The summed E-state index contributed by atoms with van der Waals surface area (Å²) in [5, 5.41) is 2.92. The summed E-state index contributed by atoms with van der Waals surface area (Å²) in [5.74, 6) is 0.370. The van der Waals surface area contributed by atoms with Crippen LogP contribution in [0, 0.1) is 5.92 Å². The minimum Gasteiger partial charge on any atom is -0.348 e. The first-order valence-electron chi connectivity index (χ1n) is 5.20. The molecule has 0 bridgehead atoms. The van der Waals surface area contributed by atoms with Crippen LogP contribution in [0.4, 0.5) is 0 Å². The Hall–Kier alpha value is -0.830. The number of rotatable bonds is 5. The summed E-state index contributed by atoms with van der Waals surface area (Å²) in [6.45, 7) is 8.43. The van der Waals surface area contributed by atoms with Gasteiger partial charge < -0.3 is 11.1 Å². The maximum Gasteiger partial charge on any atom is 0.246 e. The van der Waals surface area contributed by atoms with Gasteiger partial charge in [-0.15, -0.1) is 0 Å². The summed E-state index contributed by atoms with van der Waals surface area (Å²) >= 11 is 0. The standard InChI is InChI=1S/C11H22N2O/c1-5-6-9(4)11(14)13-10(7-12)8(2)3/h6,8,10H,5,7,12H2,1-4H3,(H,13,14). The lowest BCUT2D eigenvalue weighted by molar-refractivity contribution is -0.118. The van der Waals surface area contributed by atoms with E-state index >= 15 is 0 Å². The van der Waals surface area contributed by atoms with Gasteiger partial charge in [-0.25, -0.2) is 0 Å². The van der Waals surface area contributed by atoms with Gasteiger partial charge in [0, 0.05) is 18.2 Å². The molecular formula is C11H22N2O. The fraction of sp³-hybridized carbons (Fsp3) is 0.727. The van der Waals surface area contributed by atoms with Gasteiger partial charge in [-0.1, -0.05) is 26.8 Å². The molecule has 1 unspecified atom stereocenters. The lowest BCUT2D eigenvalue weighted by atomic mass is 10.0. The van der Waals surface area contributed by atoms with E-state index in [2.05, 4.69) is 19.2 Å². The second-order valence-electron chi connectivity index (χ2n) is 3.86. The average Bonchev–Trinajstić information content (AvgIpc) is 2.13. The quantitative estimate of drug-likeness (QED) is 0.657. The Balaban J connectivity index is 4.22. The Morgan fingerprint density at radius 2 is 2.07 bits per heavy atom. The summed E-state index contributed by atoms with van der Waals surface area (Å²) in [6, 6.07) is 0.0720. The third-order valence-electron chi connectivity index (χ3n) is 2.24. The van der Waals surface area contributed by atoms with E-state index in [0.29, 0.717) is 12.5 Å². The van der Waals surface area contributed by atoms with E-state index in [1.165, 1.54) is 0 Å². The second kappa shape index (κ2) is 6.60. The maximum atomic E-state index is 11.6. The van der Waals surface area contributed by atoms with Crippen molar-refractivity contribution in [2.45, 2.75) is 40.2 Å². The fourth-order valence-corrected chi connectivity index (χ4v) is 1.18. The minimum atomic E-state index is -0.00370. The predicted octanol–water partition coefficient (Wildman–Crippen LogP) is 1.44. The molecule has 3 nitrogen and oxygen atoms in total. The van der Waals surface area contributed by atoms with Gasteiger partial charge in [-0.2, -0.15) is 0 Å². The third-order valence-corrected chi connectivity index (χ3v) is 2.24. The van der Waals surface area contributed by atoms with Gasteiger partial charge >= 0.3 is 0 Å². The van der Waals surface area contributed by atoms with Crippen LogP contribution in [0.25, 0.3) is 0 Å². The van der Waals surface area contributed by atoms with Crippen LogP contribution in [0.2, 0.25) is 0 Å². The highest BCUT2D eigenvalue weighted by atomic mass is 16.1. The topological polar surface area (TPSA) is 55.1 Å². The van der Waals surface area contributed by atoms with E-state index in [9.17, 15) is 4.79 Å². The molecule has 0 aromatic rings. The molecule has 0 saturated heterocycles. The van der Waals surface area contributed by atoms with Gasteiger partial charge in [0.15, 0.2) is 0 Å². The highest BCUT2D eigenvalue weighted by Crippen LogP contribution is 2.02. The number of allylic oxidation sites excluding steroid dienone is 1. The molecule has 0 aromatic carbocycles. The molecule has 0 aliphatic rings. The van der Waals surface area contributed by atoms with E-state index in [0.717, 1.165) is 12.0 Å². The molecule has 82 valence electrons. The van der Waals surface area contributed by atoms with E-state index < -0.39 is 0 Å². The van der Waals surface area contributed by atoms with Crippen molar-refractivity contribution in [3.8, 4) is 0 Å². The molecule has 0 saturated carbocycles. The molecule has 0 aliphatic carbocycles. The highest BCUT2D eigenvalue weighted by molar-refractivity contribution is 5.92. The number of hydrogen-bond acceptors (Lipinski definition) is 2. The van der Waals surface area contributed by atoms with Gasteiger partial charge in [0.1, 0.15) is 0 Å². The molecule has 3 N–H and O–H groups in total.